The fourth-order valence-electron chi connectivity index (χ4n) is 25.4. The van der Waals surface area contributed by atoms with E-state index in [0.717, 1.165) is 82.7 Å². The molecule has 9 fully saturated rings. The summed E-state index contributed by atoms with van der Waals surface area (Å²) in [5.41, 5.74) is 5.26. The molecule has 20 atom stereocenters. The molecule has 11 aliphatic carbocycles. The van der Waals surface area contributed by atoms with E-state index in [1.54, 1.807) is 31.4 Å². The Morgan fingerprint density at radius 3 is 2.46 bits per heavy atom. The topological polar surface area (TPSA) is 181 Å². The Balaban J connectivity index is 0.775. The van der Waals surface area contributed by atoms with E-state index in [4.69, 9.17) is 33.7 Å². The predicted molar refractivity (Wildman–Crippen MR) is 361 cm³/mol. The molecule has 5 aromatic rings. The highest BCUT2D eigenvalue weighted by atomic mass is 16.5. The van der Waals surface area contributed by atoms with Crippen LogP contribution in [0.5, 0.6) is 40.2 Å². The largest absolute Gasteiger partial charge is 0.508 e. The second kappa shape index (κ2) is 22.1. The van der Waals surface area contributed by atoms with Gasteiger partial charge >= 0.3 is 0 Å². The molecular weight excluding hydrogens is 1190 g/mol. The van der Waals surface area contributed by atoms with Gasteiger partial charge in [0.15, 0.2) is 0 Å². The van der Waals surface area contributed by atoms with E-state index in [1.807, 2.05) is 43.3 Å². The average Bonchev–Trinajstić information content (AvgIpc) is 1.47. The van der Waals surface area contributed by atoms with E-state index >= 15 is 0 Å². The number of rotatable bonds is 11. The number of phenols is 3. The average molecular weight is 1280 g/mol. The predicted octanol–water partition coefficient (Wildman–Crippen LogP) is 13.9. The third kappa shape index (κ3) is 8.55. The summed E-state index contributed by atoms with van der Waals surface area (Å²) >= 11 is 0. The van der Waals surface area contributed by atoms with Gasteiger partial charge in [0.25, 0.3) is 0 Å². The van der Waals surface area contributed by atoms with Crippen molar-refractivity contribution in [3.8, 4) is 63.2 Å². The lowest BCUT2D eigenvalue weighted by Crippen LogP contribution is -2.83. The number of fused-ring (bicyclic) bond motifs is 7. The summed E-state index contributed by atoms with van der Waals surface area (Å²) in [6, 6.07) is 22.7. The molecule has 13 heteroatoms. The summed E-state index contributed by atoms with van der Waals surface area (Å²) in [4.78, 5) is 0. The normalized spacial score (nSPS) is 39.8. The van der Waals surface area contributed by atoms with Crippen LogP contribution in [0.3, 0.4) is 0 Å². The molecule has 5 aromatic carbocycles. The van der Waals surface area contributed by atoms with Gasteiger partial charge in [-0.25, -0.2) is 0 Å². The smallest absolute Gasteiger partial charge is 0.149 e. The van der Waals surface area contributed by atoms with Gasteiger partial charge in [-0.05, 0) is 238 Å². The second-order valence-electron chi connectivity index (χ2n) is 32.4. The van der Waals surface area contributed by atoms with Crippen LogP contribution in [0.25, 0.3) is 21.9 Å². The number of aromatic hydroxyl groups is 3. The Morgan fingerprint density at radius 2 is 1.62 bits per heavy atom. The number of benzene rings is 5. The van der Waals surface area contributed by atoms with Crippen LogP contribution in [0.2, 0.25) is 0 Å². The van der Waals surface area contributed by atoms with Crippen LogP contribution in [0.1, 0.15) is 163 Å². The van der Waals surface area contributed by atoms with E-state index in [9.17, 15) is 25.5 Å². The van der Waals surface area contributed by atoms with E-state index in [1.165, 1.54) is 64.2 Å². The maximum absolute atomic E-state index is 14.0. The highest BCUT2D eigenvalue weighted by Gasteiger charge is 2.83. The first-order valence-corrected chi connectivity index (χ1v) is 37.0. The third-order valence-electron chi connectivity index (χ3n) is 28.7. The Kier molecular flexibility index (Phi) is 14.0. The van der Waals surface area contributed by atoms with Crippen molar-refractivity contribution in [1.82, 2.24) is 10.6 Å². The lowest BCUT2D eigenvalue weighted by atomic mass is 9.50. The number of phenolic OH excluding ortho intramolecular Hbond substituents is 3. The molecule has 0 aromatic heterocycles. The van der Waals surface area contributed by atoms with Gasteiger partial charge in [-0.1, -0.05) is 68.0 Å². The van der Waals surface area contributed by atoms with Crippen LogP contribution in [-0.2, 0) is 22.3 Å². The zero-order valence-corrected chi connectivity index (χ0v) is 55.2. The summed E-state index contributed by atoms with van der Waals surface area (Å²) < 4.78 is 43.3. The first kappa shape index (κ1) is 60.0. The second-order valence-corrected chi connectivity index (χ2v) is 32.4. The van der Waals surface area contributed by atoms with Gasteiger partial charge in [-0.15, -0.1) is 0 Å². The quantitative estimate of drug-likeness (QED) is 0.0378. The summed E-state index contributed by atoms with van der Waals surface area (Å²) in [5.74, 6) is 12.5. The van der Waals surface area contributed by atoms with E-state index < -0.39 is 53.6 Å². The molecule has 13 nitrogen and oxygen atoms in total. The molecule has 1 saturated heterocycles. The molecule has 7 N–H and O–H groups in total. The number of aryl methyl sites for hydroxylation is 1. The van der Waals surface area contributed by atoms with E-state index in [2.05, 4.69) is 53.6 Å². The highest BCUT2D eigenvalue weighted by molar-refractivity contribution is 5.96. The molecule has 0 amide bonds. The fourth-order valence-corrected chi connectivity index (χ4v) is 25.4. The molecule has 20 rings (SSSR count). The van der Waals surface area contributed by atoms with Crippen LogP contribution >= 0.6 is 0 Å². The zero-order chi connectivity index (χ0) is 63.9. The molecule has 0 radical (unpaired) electrons. The molecule has 498 valence electrons. The molecule has 15 aliphatic rings. The Labute approximate surface area is 558 Å². The first-order valence-electron chi connectivity index (χ1n) is 37.0. The van der Waals surface area contributed by atoms with Crippen molar-refractivity contribution in [1.29, 1.82) is 0 Å². The lowest BCUT2D eigenvalue weighted by molar-refractivity contribution is -0.212. The maximum Gasteiger partial charge on any atom is 0.149 e. The van der Waals surface area contributed by atoms with Crippen molar-refractivity contribution < 1.29 is 54.0 Å². The van der Waals surface area contributed by atoms with Crippen molar-refractivity contribution in [2.45, 2.75) is 183 Å². The van der Waals surface area contributed by atoms with Crippen molar-refractivity contribution in [3.05, 3.63) is 125 Å². The summed E-state index contributed by atoms with van der Waals surface area (Å²) in [5, 5.41) is 71.5. The Morgan fingerprint density at radius 1 is 0.758 bits per heavy atom. The molecule has 4 aliphatic heterocycles. The van der Waals surface area contributed by atoms with Gasteiger partial charge in [0.2, 0.25) is 0 Å². The number of aliphatic hydroxyl groups excluding tert-OH is 2. The molecule has 0 unspecified atom stereocenters. The minimum Gasteiger partial charge on any atom is -0.508 e. The minimum atomic E-state index is -1.09. The summed E-state index contributed by atoms with van der Waals surface area (Å²) in [7, 11) is 1.74. The fraction of sp³-hybridized carbons (Fsp3) is 0.585. The van der Waals surface area contributed by atoms with Crippen LogP contribution < -0.4 is 29.6 Å². The van der Waals surface area contributed by atoms with Gasteiger partial charge in [0.1, 0.15) is 53.0 Å². The summed E-state index contributed by atoms with van der Waals surface area (Å²) in [6.45, 7) is 3.47. The minimum absolute atomic E-state index is 0.0243. The van der Waals surface area contributed by atoms with Gasteiger partial charge in [-0.3, -0.25) is 10.6 Å². The van der Waals surface area contributed by atoms with Crippen molar-refractivity contribution in [2.24, 2.45) is 81.3 Å². The van der Waals surface area contributed by atoms with Crippen LogP contribution in [0, 0.1) is 93.2 Å². The SMILES string of the molecule is CCc1cc(-c2cccc(O)c2)c(Cc2cc(OC3CCCC3)cc3c2OC[C@H]([C@@H]2[C@H](CCCOC)Oc4c5cc(c6cc(O)ccc46)OCC#C[C@H]4CN[C@@]6(CC7(CCCC7)[C@@]78CC[C@@]9%10CC[C@@H]%11CC[C@H]([C@@H](C=C[C@@H]97)[C@@H]68)[C@@H]%11%10)N[C@]46[C@@H]4C=C[C@@H]([C@H](O)C4)[C@@H]6O[C@@H]52)[C@@H]3O)cc1O. The third-order valence-corrected chi connectivity index (χ3v) is 28.7. The number of aliphatic hydroxyl groups is 2. The number of hydrogen-bond donors (Lipinski definition) is 7. The van der Waals surface area contributed by atoms with Crippen molar-refractivity contribution >= 4 is 10.8 Å². The molecule has 4 heterocycles. The number of methoxy groups -OCH3 is 1. The summed E-state index contributed by atoms with van der Waals surface area (Å²) in [6.07, 6.45) is 28.1. The van der Waals surface area contributed by atoms with E-state index in [-0.39, 0.29) is 65.1 Å². The molecule has 8 bridgehead atoms. The number of hydrogen-bond acceptors (Lipinski definition) is 13. The molecule has 95 heavy (non-hydrogen) atoms. The van der Waals surface area contributed by atoms with Gasteiger partial charge < -0.3 is 54.0 Å². The standard InChI is InChI=1S/C82H94N2O11/c1-3-45-36-60(47-11-8-13-52(85)34-47)48(37-65(45)87)33-49-35-55(93-54-14-4-5-15-54)40-62-72(89)64(43-92-73(49)62)70-67(16-10-31-90-2)94-74-57-22-19-53(86)39-61(57)68-41-63(74)75(70)95-77-59-21-18-50(38-66(59)88)82(77)51(12-9-32-91-68)42-83-81(84-82)44-78(26-6-7-27-78)80-30-29-79-28-25-46-17-20-56(71(46)79)58(76(80)81)23-24-69(79)80/h8,11,13,18-19,21-24,34-37,39-41,46,50-51,54,56,58-59,64,66-67,69-72,75-77,83-89H,3-7,10,14-17,20,25-33,38,42-44H2,1-2H3/t46-,50+,51-,56+,58+,59-,64+,66+,67-,69-,70+,71+,72+,75-,76+,77-,79-,80-,81-,82+/m0/s1. The van der Waals surface area contributed by atoms with Gasteiger partial charge in [0, 0.05) is 83.7 Å². The van der Waals surface area contributed by atoms with Crippen LogP contribution in [-0.4, -0.2) is 94.6 Å². The van der Waals surface area contributed by atoms with Crippen LogP contribution in [0.15, 0.2) is 97.1 Å². The highest BCUT2D eigenvalue weighted by Crippen LogP contribution is 2.86. The first-order chi connectivity index (χ1) is 46.4. The van der Waals surface area contributed by atoms with Gasteiger partial charge in [0.05, 0.1) is 54.2 Å². The number of allylic oxidation sites excluding steroid dienone is 2. The Bertz CT molecular complexity index is 4050. The monoisotopic (exact) mass is 1280 g/mol. The molecular formula is C82H94N2O11. The van der Waals surface area contributed by atoms with Crippen LogP contribution in [0.4, 0.5) is 0 Å². The lowest BCUT2D eigenvalue weighted by Gasteiger charge is -2.65. The number of ether oxygens (including phenoxy) is 6. The Hall–Kier alpha value is -6.24. The van der Waals surface area contributed by atoms with Gasteiger partial charge in [-0.2, -0.15) is 0 Å². The zero-order valence-electron chi connectivity index (χ0n) is 55.2. The number of nitrogens with one attached hydrogen (secondary N) is 2. The molecule has 5 spiro atoms. The molecule has 8 saturated carbocycles. The van der Waals surface area contributed by atoms with Crippen molar-refractivity contribution in [2.75, 3.05) is 33.5 Å². The van der Waals surface area contributed by atoms with Crippen molar-refractivity contribution in [3.63, 3.8) is 0 Å². The van der Waals surface area contributed by atoms with E-state index in [0.29, 0.717) is 108 Å². The maximum atomic E-state index is 14.0.